The highest BCUT2D eigenvalue weighted by atomic mass is 79.9. The maximum absolute atomic E-state index is 13.0. The fourth-order valence-electron chi connectivity index (χ4n) is 3.35. The van der Waals surface area contributed by atoms with Crippen molar-refractivity contribution in [2.75, 3.05) is 0 Å². The van der Waals surface area contributed by atoms with Gasteiger partial charge in [0.25, 0.3) is 5.91 Å². The average Bonchev–Trinajstić information content (AvgIpc) is 3.19. The molecule has 138 valence electrons. The highest BCUT2D eigenvalue weighted by Crippen LogP contribution is 2.20. The van der Waals surface area contributed by atoms with Gasteiger partial charge in [0.15, 0.2) is 5.69 Å². The molecule has 4 rings (SSSR count). The molecule has 6 nitrogen and oxygen atoms in total. The second kappa shape index (κ2) is 8.00. The van der Waals surface area contributed by atoms with Crippen LogP contribution in [0, 0.1) is 0 Å². The van der Waals surface area contributed by atoms with E-state index in [1.165, 1.54) is 19.3 Å². The summed E-state index contributed by atoms with van der Waals surface area (Å²) in [5, 5.41) is 8.19. The molecule has 2 aromatic heterocycles. The molecular formula is C20H20BrN5O. The zero-order valence-corrected chi connectivity index (χ0v) is 16.4. The van der Waals surface area contributed by atoms with Gasteiger partial charge in [0.1, 0.15) is 5.49 Å². The highest BCUT2D eigenvalue weighted by molar-refractivity contribution is 9.10. The SMILES string of the molecule is O=C(c1cn(-c2ccccc2Br)nn1)n1ccccc1=NC1CCCCC1. The molecule has 3 aromatic rings. The highest BCUT2D eigenvalue weighted by Gasteiger charge is 2.16. The van der Waals surface area contributed by atoms with E-state index in [2.05, 4.69) is 26.2 Å². The van der Waals surface area contributed by atoms with Gasteiger partial charge in [0, 0.05) is 10.7 Å². The van der Waals surface area contributed by atoms with Gasteiger partial charge in [-0.15, -0.1) is 5.10 Å². The predicted octanol–water partition coefficient (Wildman–Crippen LogP) is 3.75. The van der Waals surface area contributed by atoms with Crippen LogP contribution in [0.1, 0.15) is 42.6 Å². The van der Waals surface area contributed by atoms with E-state index in [4.69, 9.17) is 4.99 Å². The first kappa shape index (κ1) is 17.9. The first-order valence-electron chi connectivity index (χ1n) is 9.16. The van der Waals surface area contributed by atoms with Crippen LogP contribution in [0.25, 0.3) is 5.69 Å². The second-order valence-electron chi connectivity index (χ2n) is 6.65. The van der Waals surface area contributed by atoms with Gasteiger partial charge in [-0.3, -0.25) is 14.4 Å². The van der Waals surface area contributed by atoms with Gasteiger partial charge in [-0.25, -0.2) is 4.68 Å². The number of halogens is 1. The van der Waals surface area contributed by atoms with Crippen LogP contribution in [-0.2, 0) is 0 Å². The minimum atomic E-state index is -0.233. The van der Waals surface area contributed by atoms with Crippen molar-refractivity contribution < 1.29 is 4.79 Å². The average molecular weight is 426 g/mol. The number of carbonyl (C=O) groups excluding carboxylic acids is 1. The molecule has 0 aliphatic heterocycles. The van der Waals surface area contributed by atoms with Crippen molar-refractivity contribution in [3.63, 3.8) is 0 Å². The van der Waals surface area contributed by atoms with Crippen molar-refractivity contribution in [1.82, 2.24) is 19.6 Å². The van der Waals surface area contributed by atoms with Gasteiger partial charge in [-0.2, -0.15) is 0 Å². The quantitative estimate of drug-likeness (QED) is 0.641. The van der Waals surface area contributed by atoms with Crippen molar-refractivity contribution in [2.45, 2.75) is 38.1 Å². The van der Waals surface area contributed by atoms with E-state index in [-0.39, 0.29) is 17.6 Å². The van der Waals surface area contributed by atoms with Crippen molar-refractivity contribution in [1.29, 1.82) is 0 Å². The molecule has 7 heteroatoms. The van der Waals surface area contributed by atoms with Gasteiger partial charge in [-0.05, 0) is 53.0 Å². The molecule has 1 aliphatic carbocycles. The number of hydrogen-bond acceptors (Lipinski definition) is 4. The Kier molecular flexibility index (Phi) is 5.29. The molecule has 0 atom stereocenters. The van der Waals surface area contributed by atoms with Gasteiger partial charge in [0.2, 0.25) is 0 Å². The minimum absolute atomic E-state index is 0.233. The molecule has 2 heterocycles. The minimum Gasteiger partial charge on any atom is -0.266 e. The summed E-state index contributed by atoms with van der Waals surface area (Å²) in [7, 11) is 0. The van der Waals surface area contributed by atoms with E-state index >= 15 is 0 Å². The Morgan fingerprint density at radius 1 is 1.07 bits per heavy atom. The Morgan fingerprint density at radius 2 is 1.85 bits per heavy atom. The fourth-order valence-corrected chi connectivity index (χ4v) is 3.82. The molecule has 27 heavy (non-hydrogen) atoms. The Balaban J connectivity index is 1.66. The summed E-state index contributed by atoms with van der Waals surface area (Å²) in [6.07, 6.45) is 9.24. The van der Waals surface area contributed by atoms with Crippen molar-refractivity contribution in [3.05, 3.63) is 70.5 Å². The smallest absolute Gasteiger partial charge is 0.266 e. The third-order valence-electron chi connectivity index (χ3n) is 4.76. The molecule has 0 spiro atoms. The zero-order valence-electron chi connectivity index (χ0n) is 14.8. The molecule has 1 aliphatic rings. The van der Waals surface area contributed by atoms with Crippen molar-refractivity contribution in [2.24, 2.45) is 4.99 Å². The van der Waals surface area contributed by atoms with Gasteiger partial charge < -0.3 is 0 Å². The van der Waals surface area contributed by atoms with E-state index in [0.29, 0.717) is 5.49 Å². The number of carbonyl (C=O) groups is 1. The van der Waals surface area contributed by atoms with Gasteiger partial charge in [0.05, 0.1) is 17.9 Å². The predicted molar refractivity (Wildman–Crippen MR) is 106 cm³/mol. The lowest BCUT2D eigenvalue weighted by Crippen LogP contribution is -2.29. The van der Waals surface area contributed by atoms with Crippen LogP contribution in [0.3, 0.4) is 0 Å². The van der Waals surface area contributed by atoms with Crippen LogP contribution in [0.5, 0.6) is 0 Å². The van der Waals surface area contributed by atoms with Gasteiger partial charge in [-0.1, -0.05) is 42.7 Å². The molecule has 1 aromatic carbocycles. The number of benzene rings is 1. The normalized spacial score (nSPS) is 15.8. The maximum atomic E-state index is 13.0. The molecule has 1 saturated carbocycles. The molecule has 0 amide bonds. The molecule has 1 fully saturated rings. The first-order chi connectivity index (χ1) is 13.2. The topological polar surface area (TPSA) is 65.1 Å². The van der Waals surface area contributed by atoms with E-state index in [1.54, 1.807) is 21.6 Å². The second-order valence-corrected chi connectivity index (χ2v) is 7.51. The number of aromatic nitrogens is 4. The number of rotatable bonds is 3. The summed E-state index contributed by atoms with van der Waals surface area (Å²) >= 11 is 3.50. The summed E-state index contributed by atoms with van der Waals surface area (Å²) in [6.45, 7) is 0. The molecule has 0 radical (unpaired) electrons. The van der Waals surface area contributed by atoms with Crippen LogP contribution in [-0.4, -0.2) is 31.5 Å². The lowest BCUT2D eigenvalue weighted by Gasteiger charge is -2.17. The Labute approximate surface area is 165 Å². The van der Waals surface area contributed by atoms with Gasteiger partial charge >= 0.3 is 0 Å². The number of para-hydroxylation sites is 1. The van der Waals surface area contributed by atoms with Crippen LogP contribution in [0.15, 0.2) is 64.3 Å². The summed E-state index contributed by atoms with van der Waals surface area (Å²) in [4.78, 5) is 17.8. The molecule has 0 bridgehead atoms. The van der Waals surface area contributed by atoms with E-state index in [0.717, 1.165) is 23.0 Å². The Bertz CT molecular complexity index is 1020. The van der Waals surface area contributed by atoms with E-state index < -0.39 is 0 Å². The van der Waals surface area contributed by atoms with Crippen molar-refractivity contribution >= 4 is 21.8 Å². The summed E-state index contributed by atoms with van der Waals surface area (Å²) in [5.74, 6) is -0.233. The third-order valence-corrected chi connectivity index (χ3v) is 5.43. The van der Waals surface area contributed by atoms with Crippen LogP contribution >= 0.6 is 15.9 Å². The maximum Gasteiger partial charge on any atom is 0.285 e. The summed E-state index contributed by atoms with van der Waals surface area (Å²) in [5.41, 5.74) is 1.78. The van der Waals surface area contributed by atoms with Crippen LogP contribution < -0.4 is 5.49 Å². The Hall–Kier alpha value is -2.54. The Morgan fingerprint density at radius 3 is 2.67 bits per heavy atom. The standard InChI is InChI=1S/C20H20BrN5O/c21-16-10-4-5-11-18(16)26-14-17(23-24-26)20(27)25-13-7-6-12-19(25)22-15-8-2-1-3-9-15/h4-7,10-15H,1-3,8-9H2. The largest absolute Gasteiger partial charge is 0.285 e. The third kappa shape index (κ3) is 3.93. The zero-order chi connectivity index (χ0) is 18.6. The summed E-state index contributed by atoms with van der Waals surface area (Å²) in [6, 6.07) is 13.6. The van der Waals surface area contributed by atoms with Crippen LogP contribution in [0.4, 0.5) is 0 Å². The van der Waals surface area contributed by atoms with Crippen molar-refractivity contribution in [3.8, 4) is 5.69 Å². The number of pyridine rings is 1. The monoisotopic (exact) mass is 425 g/mol. The first-order valence-corrected chi connectivity index (χ1v) is 9.95. The number of nitrogens with zero attached hydrogens (tertiary/aromatic N) is 5. The lowest BCUT2D eigenvalue weighted by atomic mass is 9.96. The molecule has 0 unspecified atom stereocenters. The number of hydrogen-bond donors (Lipinski definition) is 0. The van der Waals surface area contributed by atoms with E-state index in [1.807, 2.05) is 42.5 Å². The fraction of sp³-hybridized carbons (Fsp3) is 0.300. The lowest BCUT2D eigenvalue weighted by molar-refractivity contribution is 0.0949. The molecular weight excluding hydrogens is 406 g/mol. The van der Waals surface area contributed by atoms with Crippen LogP contribution in [0.2, 0.25) is 0 Å². The summed E-state index contributed by atoms with van der Waals surface area (Å²) < 4.78 is 4.04. The molecule has 0 saturated heterocycles. The molecule has 0 N–H and O–H groups in total. The van der Waals surface area contributed by atoms with E-state index in [9.17, 15) is 4.79 Å².